The van der Waals surface area contributed by atoms with Gasteiger partial charge in [-0.25, -0.2) is 0 Å². The molecule has 6 heteroatoms. The second kappa shape index (κ2) is 4.66. The summed E-state index contributed by atoms with van der Waals surface area (Å²) in [5.41, 5.74) is 8.51. The second-order valence-corrected chi connectivity index (χ2v) is 4.29. The minimum absolute atomic E-state index is 0.362. The molecular formula is C13H14N6. The van der Waals surface area contributed by atoms with Gasteiger partial charge in [0.15, 0.2) is 0 Å². The zero-order valence-electron chi connectivity index (χ0n) is 10.5. The van der Waals surface area contributed by atoms with Crippen LogP contribution in [0.3, 0.4) is 0 Å². The van der Waals surface area contributed by atoms with Gasteiger partial charge in [0.2, 0.25) is 0 Å². The summed E-state index contributed by atoms with van der Waals surface area (Å²) < 4.78 is 1.72. The lowest BCUT2D eigenvalue weighted by Crippen LogP contribution is -2.14. The molecule has 0 radical (unpaired) electrons. The Morgan fingerprint density at radius 1 is 1.05 bits per heavy atom. The van der Waals surface area contributed by atoms with Gasteiger partial charge in [0.25, 0.3) is 0 Å². The van der Waals surface area contributed by atoms with Crippen molar-refractivity contribution < 1.29 is 0 Å². The Morgan fingerprint density at radius 2 is 1.84 bits per heavy atom. The molecule has 0 aliphatic rings. The molecule has 19 heavy (non-hydrogen) atoms. The molecule has 0 fully saturated rings. The molecule has 1 aromatic carbocycles. The van der Waals surface area contributed by atoms with E-state index in [4.69, 9.17) is 5.73 Å². The Kier molecular flexibility index (Phi) is 2.85. The molecule has 2 aromatic heterocycles. The van der Waals surface area contributed by atoms with E-state index in [1.807, 2.05) is 49.6 Å². The van der Waals surface area contributed by atoms with Crippen LogP contribution < -0.4 is 5.73 Å². The number of aromatic nitrogens is 5. The van der Waals surface area contributed by atoms with Gasteiger partial charge >= 0.3 is 0 Å². The Balaban J connectivity index is 1.89. The van der Waals surface area contributed by atoms with E-state index in [0.717, 1.165) is 11.4 Å². The molecule has 3 aromatic rings. The fourth-order valence-corrected chi connectivity index (χ4v) is 1.85. The molecule has 0 aliphatic carbocycles. The van der Waals surface area contributed by atoms with Crippen LogP contribution in [0.25, 0.3) is 5.69 Å². The summed E-state index contributed by atoms with van der Waals surface area (Å²) in [6.45, 7) is 0. The molecule has 0 spiro atoms. The van der Waals surface area contributed by atoms with Crippen molar-refractivity contribution in [1.82, 2.24) is 24.8 Å². The SMILES string of the molecule is Cn1ccc(C(N)c2cnn(-c3ccccc3)n2)n1. The van der Waals surface area contributed by atoms with Gasteiger partial charge in [-0.2, -0.15) is 20.1 Å². The Hall–Kier alpha value is -2.47. The van der Waals surface area contributed by atoms with Crippen LogP contribution in [0.5, 0.6) is 0 Å². The van der Waals surface area contributed by atoms with Gasteiger partial charge in [-0.1, -0.05) is 18.2 Å². The molecule has 2 N–H and O–H groups in total. The molecule has 0 saturated heterocycles. The van der Waals surface area contributed by atoms with Gasteiger partial charge < -0.3 is 5.73 Å². The van der Waals surface area contributed by atoms with Crippen LogP contribution in [0.2, 0.25) is 0 Å². The molecule has 96 valence electrons. The first-order valence-corrected chi connectivity index (χ1v) is 5.97. The first-order chi connectivity index (χ1) is 9.24. The van der Waals surface area contributed by atoms with E-state index in [1.165, 1.54) is 0 Å². The van der Waals surface area contributed by atoms with Gasteiger partial charge in [0.1, 0.15) is 5.69 Å². The predicted octanol–water partition coefficient (Wildman–Crippen LogP) is 1.05. The average molecular weight is 254 g/mol. The van der Waals surface area contributed by atoms with Crippen LogP contribution in [0.1, 0.15) is 17.4 Å². The molecule has 1 unspecified atom stereocenters. The zero-order chi connectivity index (χ0) is 13.2. The summed E-state index contributed by atoms with van der Waals surface area (Å²) >= 11 is 0. The summed E-state index contributed by atoms with van der Waals surface area (Å²) in [6, 6.07) is 11.2. The van der Waals surface area contributed by atoms with Crippen LogP contribution in [-0.4, -0.2) is 24.8 Å². The fraction of sp³-hybridized carbons (Fsp3) is 0.154. The summed E-state index contributed by atoms with van der Waals surface area (Å²) in [4.78, 5) is 1.57. The van der Waals surface area contributed by atoms with Crippen LogP contribution in [0, 0.1) is 0 Å². The van der Waals surface area contributed by atoms with Crippen LogP contribution >= 0.6 is 0 Å². The van der Waals surface area contributed by atoms with Gasteiger partial charge in [-0.05, 0) is 18.2 Å². The lowest BCUT2D eigenvalue weighted by atomic mass is 10.2. The molecule has 6 nitrogen and oxygen atoms in total. The second-order valence-electron chi connectivity index (χ2n) is 4.29. The topological polar surface area (TPSA) is 74.6 Å². The third kappa shape index (κ3) is 2.25. The van der Waals surface area contributed by atoms with Crippen molar-refractivity contribution in [3.05, 3.63) is 60.2 Å². The smallest absolute Gasteiger partial charge is 0.106 e. The predicted molar refractivity (Wildman–Crippen MR) is 70.6 cm³/mol. The van der Waals surface area contributed by atoms with E-state index in [9.17, 15) is 0 Å². The minimum atomic E-state index is -0.362. The number of nitrogens with zero attached hydrogens (tertiary/aromatic N) is 5. The maximum Gasteiger partial charge on any atom is 0.106 e. The largest absolute Gasteiger partial charge is 0.318 e. The van der Waals surface area contributed by atoms with E-state index >= 15 is 0 Å². The Morgan fingerprint density at radius 3 is 2.53 bits per heavy atom. The van der Waals surface area contributed by atoms with Crippen LogP contribution in [-0.2, 0) is 7.05 Å². The van der Waals surface area contributed by atoms with Crippen LogP contribution in [0.15, 0.2) is 48.8 Å². The molecule has 0 amide bonds. The van der Waals surface area contributed by atoms with Crippen molar-refractivity contribution in [2.24, 2.45) is 12.8 Å². The standard InChI is InChI=1S/C13H14N6/c1-18-8-7-11(16-18)13(14)12-9-15-19(17-12)10-5-3-2-4-6-10/h2-9,13H,14H2,1H3. The quantitative estimate of drug-likeness (QED) is 0.758. The number of rotatable bonds is 3. The van der Waals surface area contributed by atoms with Crippen LogP contribution in [0.4, 0.5) is 0 Å². The Bertz CT molecular complexity index is 669. The monoisotopic (exact) mass is 254 g/mol. The highest BCUT2D eigenvalue weighted by Gasteiger charge is 2.15. The molecule has 0 bridgehead atoms. The van der Waals surface area contributed by atoms with E-state index in [1.54, 1.807) is 15.7 Å². The van der Waals surface area contributed by atoms with Crippen molar-refractivity contribution in [2.75, 3.05) is 0 Å². The third-order valence-electron chi connectivity index (χ3n) is 2.87. The third-order valence-corrected chi connectivity index (χ3v) is 2.87. The Labute approximate surface area is 110 Å². The van der Waals surface area contributed by atoms with E-state index in [0.29, 0.717) is 5.69 Å². The first-order valence-electron chi connectivity index (χ1n) is 5.97. The highest BCUT2D eigenvalue weighted by atomic mass is 15.5. The number of para-hydroxylation sites is 1. The van der Waals surface area contributed by atoms with Crippen molar-refractivity contribution >= 4 is 0 Å². The first kappa shape index (κ1) is 11.6. The lowest BCUT2D eigenvalue weighted by molar-refractivity contribution is 0.687. The van der Waals surface area contributed by atoms with Gasteiger partial charge in [-0.15, -0.1) is 0 Å². The summed E-state index contributed by atoms with van der Waals surface area (Å²) in [5.74, 6) is 0. The molecule has 3 rings (SSSR count). The van der Waals surface area contributed by atoms with Crippen molar-refractivity contribution in [3.63, 3.8) is 0 Å². The maximum atomic E-state index is 6.13. The van der Waals surface area contributed by atoms with E-state index in [2.05, 4.69) is 15.3 Å². The average Bonchev–Trinajstić information content (AvgIpc) is 3.08. The van der Waals surface area contributed by atoms with Gasteiger partial charge in [0, 0.05) is 13.2 Å². The number of nitrogens with two attached hydrogens (primary N) is 1. The normalized spacial score (nSPS) is 12.5. The van der Waals surface area contributed by atoms with Crippen molar-refractivity contribution in [1.29, 1.82) is 0 Å². The van der Waals surface area contributed by atoms with Gasteiger partial charge in [0.05, 0.1) is 23.6 Å². The molecule has 2 heterocycles. The zero-order valence-corrected chi connectivity index (χ0v) is 10.5. The molecule has 0 saturated carbocycles. The highest BCUT2D eigenvalue weighted by molar-refractivity contribution is 5.29. The van der Waals surface area contributed by atoms with E-state index in [-0.39, 0.29) is 6.04 Å². The summed E-state index contributed by atoms with van der Waals surface area (Å²) in [6.07, 6.45) is 3.53. The fourth-order valence-electron chi connectivity index (χ4n) is 1.85. The minimum Gasteiger partial charge on any atom is -0.318 e. The lowest BCUT2D eigenvalue weighted by Gasteiger charge is -2.04. The number of hydrogen-bond acceptors (Lipinski definition) is 4. The molecule has 0 aliphatic heterocycles. The van der Waals surface area contributed by atoms with Crippen molar-refractivity contribution in [2.45, 2.75) is 6.04 Å². The number of aryl methyl sites for hydroxylation is 1. The van der Waals surface area contributed by atoms with E-state index < -0.39 is 0 Å². The van der Waals surface area contributed by atoms with Crippen molar-refractivity contribution in [3.8, 4) is 5.69 Å². The number of benzene rings is 1. The molecule has 1 atom stereocenters. The number of hydrogen-bond donors (Lipinski definition) is 1. The molecular weight excluding hydrogens is 240 g/mol. The summed E-state index contributed by atoms with van der Waals surface area (Å²) in [5, 5.41) is 12.9. The maximum absolute atomic E-state index is 6.13. The summed E-state index contributed by atoms with van der Waals surface area (Å²) in [7, 11) is 1.86. The van der Waals surface area contributed by atoms with Gasteiger partial charge in [-0.3, -0.25) is 4.68 Å². The highest BCUT2D eigenvalue weighted by Crippen LogP contribution is 2.15.